The zero-order valence-electron chi connectivity index (χ0n) is 34.9. The first kappa shape index (κ1) is 42.8. The summed E-state index contributed by atoms with van der Waals surface area (Å²) in [5, 5.41) is 14.8. The summed E-state index contributed by atoms with van der Waals surface area (Å²) in [6.45, 7) is 6.46. The molecule has 19 heteroatoms. The van der Waals surface area contributed by atoms with Crippen LogP contribution in [0.1, 0.15) is 64.3 Å². The molecule has 2 aliphatic rings. The Kier molecular flexibility index (Phi) is 11.4. The summed E-state index contributed by atoms with van der Waals surface area (Å²) >= 11 is 0. The number of nitrogens with one attached hydrogen (secondary N) is 4. The number of aromatic amines is 2. The second kappa shape index (κ2) is 16.7. The van der Waals surface area contributed by atoms with Crippen molar-refractivity contribution >= 4 is 56.7 Å². The molecule has 2 fully saturated rings. The molecule has 2 aliphatic heterocycles. The standard InChI is InChI=1S/C44H45F3N8O8/c1-19(2)35(52-43(59)60)41(57)54-17-24(45)13-31(54)40-49-16-30(51-40)22-7-9-33-27(11-22)37(56)28-12-23-10-21(6-8-26(23)34(47)38(28)63-33)29-15-48-39(50-29)32-14-25(46)18-55(32)42(58)36(20(3)4)53-44(61)62-5/h6-12,15-16,19-20,24-25,31-32,35-36,52H,13-14,17-18H2,1-5H3,(H,48,50)(H,49,51)(H,53,61)(H,59,60)/t24-,25-,31+,32+,35+,36+/m1/s1. The summed E-state index contributed by atoms with van der Waals surface area (Å²) in [6.07, 6.45) is -1.90. The molecule has 6 atom stereocenters. The number of H-pyrrole nitrogens is 2. The number of imidazole rings is 2. The predicted octanol–water partition coefficient (Wildman–Crippen LogP) is 6.91. The Labute approximate surface area is 357 Å². The zero-order valence-corrected chi connectivity index (χ0v) is 34.9. The summed E-state index contributed by atoms with van der Waals surface area (Å²) in [4.78, 5) is 82.5. The van der Waals surface area contributed by atoms with E-state index in [0.29, 0.717) is 33.7 Å². The molecule has 4 amide bonds. The number of halogens is 3. The molecule has 0 unspecified atom stereocenters. The molecular weight excluding hydrogens is 826 g/mol. The van der Waals surface area contributed by atoms with Gasteiger partial charge in [-0.2, -0.15) is 0 Å². The third-order valence-electron chi connectivity index (χ3n) is 11.8. The Morgan fingerprint density at radius 3 is 1.87 bits per heavy atom. The van der Waals surface area contributed by atoms with E-state index in [1.807, 2.05) is 0 Å². The number of carbonyl (C=O) groups is 4. The molecule has 3 aromatic heterocycles. The Balaban J connectivity index is 1.08. The molecule has 0 bridgehead atoms. The van der Waals surface area contributed by atoms with Crippen LogP contribution in [0.3, 0.4) is 0 Å². The largest absolute Gasteiger partial charge is 0.465 e. The zero-order chi connectivity index (χ0) is 45.0. The Hall–Kier alpha value is -6.92. The van der Waals surface area contributed by atoms with Crippen LogP contribution in [0.5, 0.6) is 0 Å². The average Bonchev–Trinajstić information content (AvgIpc) is 4.08. The summed E-state index contributed by atoms with van der Waals surface area (Å²) in [6, 6.07) is 7.56. The highest BCUT2D eigenvalue weighted by atomic mass is 19.1. The molecule has 6 aromatic rings. The van der Waals surface area contributed by atoms with Gasteiger partial charge in [-0.1, -0.05) is 39.8 Å². The van der Waals surface area contributed by atoms with Crippen LogP contribution in [0, 0.1) is 17.7 Å². The van der Waals surface area contributed by atoms with E-state index in [9.17, 15) is 37.9 Å². The van der Waals surface area contributed by atoms with Crippen molar-refractivity contribution < 1.29 is 46.6 Å². The number of rotatable bonds is 10. The topological polar surface area (TPSA) is 216 Å². The van der Waals surface area contributed by atoms with Gasteiger partial charge in [0.15, 0.2) is 11.4 Å². The number of alkyl halides is 2. The molecule has 5 heterocycles. The van der Waals surface area contributed by atoms with E-state index >= 15 is 4.39 Å². The average molecular weight is 871 g/mol. The molecule has 5 N–H and O–H groups in total. The number of methoxy groups -OCH3 is 1. The van der Waals surface area contributed by atoms with Gasteiger partial charge in [0, 0.05) is 29.4 Å². The first-order chi connectivity index (χ1) is 30.0. The first-order valence-electron chi connectivity index (χ1n) is 20.5. The van der Waals surface area contributed by atoms with Crippen molar-refractivity contribution in [3.05, 3.63) is 82.5 Å². The van der Waals surface area contributed by atoms with Gasteiger partial charge in [-0.05, 0) is 47.6 Å². The van der Waals surface area contributed by atoms with Gasteiger partial charge in [-0.25, -0.2) is 32.7 Å². The maximum absolute atomic E-state index is 16.2. The molecule has 3 aromatic carbocycles. The van der Waals surface area contributed by atoms with Gasteiger partial charge in [0.2, 0.25) is 17.2 Å². The first-order valence-corrected chi connectivity index (χ1v) is 20.5. The summed E-state index contributed by atoms with van der Waals surface area (Å²) < 4.78 is 56.6. The summed E-state index contributed by atoms with van der Waals surface area (Å²) in [7, 11) is 1.19. The molecule has 0 radical (unpaired) electrons. The van der Waals surface area contributed by atoms with Crippen LogP contribution >= 0.6 is 0 Å². The lowest BCUT2D eigenvalue weighted by Gasteiger charge is -2.29. The second-order valence-electron chi connectivity index (χ2n) is 16.7. The van der Waals surface area contributed by atoms with E-state index < -0.39 is 77.7 Å². The van der Waals surface area contributed by atoms with Crippen molar-refractivity contribution in [1.29, 1.82) is 0 Å². The van der Waals surface area contributed by atoms with Crippen molar-refractivity contribution in [2.24, 2.45) is 11.8 Å². The van der Waals surface area contributed by atoms with Crippen molar-refractivity contribution in [2.75, 3.05) is 20.2 Å². The minimum atomic E-state index is -1.37. The smallest absolute Gasteiger partial charge is 0.407 e. The quantitative estimate of drug-likeness (QED) is 0.0897. The highest BCUT2D eigenvalue weighted by Crippen LogP contribution is 2.37. The fourth-order valence-corrected chi connectivity index (χ4v) is 8.58. The number of carbonyl (C=O) groups excluding carboxylic acids is 3. The van der Waals surface area contributed by atoms with Crippen LogP contribution in [0.2, 0.25) is 0 Å². The number of nitrogens with zero attached hydrogens (tertiary/aromatic N) is 4. The SMILES string of the molecule is COC(=O)N[C@H](C(=O)N1C[C@H](F)C[C@H]1c1ncc(-c2ccc3c(F)c4oc5ccc(-c6cnc([C@@H]7C[C@@H](F)CN7C(=O)[C@@H](NC(=O)O)C(C)C)[nH]6)cc5c(=O)c4cc3c2)[nH]1)C(C)C. The molecule has 8 rings (SSSR count). The number of aromatic nitrogens is 4. The molecule has 330 valence electrons. The van der Waals surface area contributed by atoms with Gasteiger partial charge in [-0.15, -0.1) is 0 Å². The third-order valence-corrected chi connectivity index (χ3v) is 11.8. The lowest BCUT2D eigenvalue weighted by atomic mass is 10.0. The Bertz CT molecular complexity index is 2840. The lowest BCUT2D eigenvalue weighted by molar-refractivity contribution is -0.136. The molecule has 0 saturated carbocycles. The van der Waals surface area contributed by atoms with Gasteiger partial charge in [-0.3, -0.25) is 14.4 Å². The van der Waals surface area contributed by atoms with Crippen molar-refractivity contribution in [2.45, 2.75) is 77.0 Å². The lowest BCUT2D eigenvalue weighted by Crippen LogP contribution is -2.51. The summed E-state index contributed by atoms with van der Waals surface area (Å²) in [5.74, 6) is -1.90. The monoisotopic (exact) mass is 870 g/mol. The maximum Gasteiger partial charge on any atom is 0.407 e. The number of fused-ring (bicyclic) bond motifs is 3. The molecule has 63 heavy (non-hydrogen) atoms. The van der Waals surface area contributed by atoms with Crippen LogP contribution < -0.4 is 16.1 Å². The number of benzene rings is 3. The van der Waals surface area contributed by atoms with E-state index in [4.69, 9.17) is 4.42 Å². The molecule has 0 aliphatic carbocycles. The van der Waals surface area contributed by atoms with Crippen molar-refractivity contribution in [3.8, 4) is 22.5 Å². The van der Waals surface area contributed by atoms with E-state index in [0.717, 1.165) is 0 Å². The second-order valence-corrected chi connectivity index (χ2v) is 16.7. The van der Waals surface area contributed by atoms with E-state index in [-0.39, 0.29) is 65.0 Å². The van der Waals surface area contributed by atoms with Crippen molar-refractivity contribution in [1.82, 2.24) is 40.4 Å². The number of ether oxygens (including phenoxy) is 1. The Morgan fingerprint density at radius 1 is 0.794 bits per heavy atom. The number of hydrogen-bond donors (Lipinski definition) is 5. The molecule has 16 nitrogen and oxygen atoms in total. The van der Waals surface area contributed by atoms with Gasteiger partial charge >= 0.3 is 12.2 Å². The third kappa shape index (κ3) is 8.02. The normalized spacial score (nSPS) is 20.0. The molecular formula is C44H45F3N8O8. The van der Waals surface area contributed by atoms with Crippen LogP contribution in [0.4, 0.5) is 22.8 Å². The fraction of sp³-hybridized carbons (Fsp3) is 0.386. The number of carboxylic acid groups (broad SMARTS) is 1. The van der Waals surface area contributed by atoms with Crippen LogP contribution in [-0.4, -0.2) is 103 Å². The number of amides is 4. The van der Waals surface area contributed by atoms with Crippen LogP contribution in [0.25, 0.3) is 55.2 Å². The number of alkyl carbamates (subject to hydrolysis) is 1. The highest BCUT2D eigenvalue weighted by molar-refractivity contribution is 6.01. The van der Waals surface area contributed by atoms with E-state index in [1.165, 1.54) is 41.4 Å². The number of likely N-dealkylation sites (tertiary alicyclic amines) is 2. The van der Waals surface area contributed by atoms with Crippen LogP contribution in [0.15, 0.2) is 64.1 Å². The van der Waals surface area contributed by atoms with Crippen LogP contribution in [-0.2, 0) is 14.3 Å². The Morgan fingerprint density at radius 2 is 1.33 bits per heavy atom. The summed E-state index contributed by atoms with van der Waals surface area (Å²) in [5.41, 5.74) is 1.41. The van der Waals surface area contributed by atoms with Gasteiger partial charge in [0.25, 0.3) is 0 Å². The molecule has 2 saturated heterocycles. The van der Waals surface area contributed by atoms with Gasteiger partial charge < -0.3 is 44.7 Å². The van der Waals surface area contributed by atoms with E-state index in [2.05, 4.69) is 35.3 Å². The van der Waals surface area contributed by atoms with E-state index in [1.54, 1.807) is 58.0 Å². The predicted molar refractivity (Wildman–Crippen MR) is 225 cm³/mol. The highest BCUT2D eigenvalue weighted by Gasteiger charge is 2.43. The minimum absolute atomic E-state index is 0.0176. The number of hydrogen-bond acceptors (Lipinski definition) is 9. The van der Waals surface area contributed by atoms with Gasteiger partial charge in [0.05, 0.1) is 66.8 Å². The maximum atomic E-state index is 16.2. The minimum Gasteiger partial charge on any atom is -0.465 e. The van der Waals surface area contributed by atoms with Crippen molar-refractivity contribution in [3.63, 3.8) is 0 Å². The fourth-order valence-electron chi connectivity index (χ4n) is 8.58. The molecule has 0 spiro atoms. The van der Waals surface area contributed by atoms with Gasteiger partial charge in [0.1, 0.15) is 41.7 Å².